The van der Waals surface area contributed by atoms with E-state index < -0.39 is 0 Å². The van der Waals surface area contributed by atoms with Gasteiger partial charge in [0.15, 0.2) is 0 Å². The molecule has 4 heteroatoms. The second kappa shape index (κ2) is 5.12. The number of aromatic nitrogens is 2. The van der Waals surface area contributed by atoms with Gasteiger partial charge in [-0.1, -0.05) is 27.2 Å². The van der Waals surface area contributed by atoms with E-state index in [1.807, 2.05) is 0 Å². The molecular formula is C14H24N4. The molecule has 1 aromatic heterocycles. The molecule has 1 heterocycles. The molecular weight excluding hydrogens is 224 g/mol. The molecule has 1 aromatic rings. The molecule has 1 aliphatic carbocycles. The van der Waals surface area contributed by atoms with Crippen LogP contribution in [0.15, 0.2) is 6.33 Å². The van der Waals surface area contributed by atoms with Crippen molar-refractivity contribution in [2.24, 2.45) is 11.3 Å². The van der Waals surface area contributed by atoms with Crippen molar-refractivity contribution in [3.63, 3.8) is 0 Å². The Morgan fingerprint density at radius 2 is 2.11 bits per heavy atom. The van der Waals surface area contributed by atoms with Crippen molar-refractivity contribution in [2.45, 2.75) is 46.5 Å². The summed E-state index contributed by atoms with van der Waals surface area (Å²) in [7, 11) is 0. The highest BCUT2D eigenvalue weighted by molar-refractivity contribution is 5.55. The lowest BCUT2D eigenvalue weighted by atomic mass is 9.92. The monoisotopic (exact) mass is 248 g/mol. The molecule has 1 aliphatic rings. The number of nitrogens with zero attached hydrogens (tertiary/aromatic N) is 2. The summed E-state index contributed by atoms with van der Waals surface area (Å²) >= 11 is 0. The number of hydrogen-bond donors (Lipinski definition) is 2. The van der Waals surface area contributed by atoms with Gasteiger partial charge in [0.05, 0.1) is 0 Å². The second-order valence-electron chi connectivity index (χ2n) is 5.71. The molecule has 2 rings (SSSR count). The molecule has 1 fully saturated rings. The Bertz CT molecular complexity index is 410. The van der Waals surface area contributed by atoms with Crippen molar-refractivity contribution >= 4 is 11.6 Å². The van der Waals surface area contributed by atoms with E-state index in [2.05, 4.69) is 36.1 Å². The number of rotatable bonds is 6. The molecule has 4 nitrogen and oxygen atoms in total. The minimum atomic E-state index is 0.475. The fourth-order valence-corrected chi connectivity index (χ4v) is 2.45. The van der Waals surface area contributed by atoms with Crippen LogP contribution >= 0.6 is 0 Å². The van der Waals surface area contributed by atoms with Crippen LogP contribution in [0.2, 0.25) is 0 Å². The van der Waals surface area contributed by atoms with Crippen LogP contribution in [-0.2, 0) is 6.42 Å². The highest BCUT2D eigenvalue weighted by Gasteiger charge is 2.45. The minimum absolute atomic E-state index is 0.475. The molecule has 18 heavy (non-hydrogen) atoms. The van der Waals surface area contributed by atoms with Crippen LogP contribution in [0.4, 0.5) is 11.6 Å². The lowest BCUT2D eigenvalue weighted by Gasteiger charge is -2.21. The Kier molecular flexibility index (Phi) is 3.73. The van der Waals surface area contributed by atoms with Gasteiger partial charge >= 0.3 is 0 Å². The van der Waals surface area contributed by atoms with Gasteiger partial charge in [-0.2, -0.15) is 0 Å². The van der Waals surface area contributed by atoms with Crippen molar-refractivity contribution in [1.82, 2.24) is 9.97 Å². The van der Waals surface area contributed by atoms with E-state index in [-0.39, 0.29) is 0 Å². The summed E-state index contributed by atoms with van der Waals surface area (Å²) in [5.74, 6) is 2.26. The van der Waals surface area contributed by atoms with Crippen molar-refractivity contribution in [3.05, 3.63) is 11.9 Å². The summed E-state index contributed by atoms with van der Waals surface area (Å²) in [6.07, 6.45) is 6.18. The molecule has 1 saturated carbocycles. The maximum atomic E-state index is 5.93. The van der Waals surface area contributed by atoms with Crippen LogP contribution in [0.1, 0.15) is 45.6 Å². The molecule has 0 radical (unpaired) electrons. The number of nitrogen functional groups attached to an aromatic ring is 1. The van der Waals surface area contributed by atoms with Crippen LogP contribution in [-0.4, -0.2) is 16.5 Å². The van der Waals surface area contributed by atoms with Crippen LogP contribution in [0.5, 0.6) is 0 Å². The predicted octanol–water partition coefficient (Wildman–Crippen LogP) is 2.86. The van der Waals surface area contributed by atoms with Crippen LogP contribution in [0, 0.1) is 11.3 Å². The largest absolute Gasteiger partial charge is 0.383 e. The van der Waals surface area contributed by atoms with Gasteiger partial charge in [0, 0.05) is 12.1 Å². The van der Waals surface area contributed by atoms with Gasteiger partial charge in [0.25, 0.3) is 0 Å². The molecule has 0 aromatic carbocycles. The maximum Gasteiger partial charge on any atom is 0.134 e. The average molecular weight is 248 g/mol. The third-order valence-corrected chi connectivity index (χ3v) is 4.20. The predicted molar refractivity (Wildman–Crippen MR) is 75.4 cm³/mol. The summed E-state index contributed by atoms with van der Waals surface area (Å²) in [5.41, 5.74) is 7.48. The number of nitrogens with two attached hydrogens (primary N) is 1. The van der Waals surface area contributed by atoms with Gasteiger partial charge in [-0.15, -0.1) is 0 Å². The van der Waals surface area contributed by atoms with Crippen molar-refractivity contribution in [1.29, 1.82) is 0 Å². The minimum Gasteiger partial charge on any atom is -0.383 e. The lowest BCUT2D eigenvalue weighted by molar-refractivity contribution is 0.379. The van der Waals surface area contributed by atoms with E-state index >= 15 is 0 Å². The molecule has 0 bridgehead atoms. The molecule has 0 amide bonds. The first-order valence-electron chi connectivity index (χ1n) is 6.92. The van der Waals surface area contributed by atoms with E-state index in [1.165, 1.54) is 12.8 Å². The average Bonchev–Trinajstić information content (AvgIpc) is 3.11. The zero-order valence-corrected chi connectivity index (χ0v) is 11.7. The Morgan fingerprint density at radius 3 is 2.67 bits per heavy atom. The van der Waals surface area contributed by atoms with Crippen LogP contribution in [0.25, 0.3) is 0 Å². The highest BCUT2D eigenvalue weighted by atomic mass is 15.0. The normalized spacial score (nSPS) is 16.9. The molecule has 0 spiro atoms. The third-order valence-electron chi connectivity index (χ3n) is 4.20. The zero-order valence-electron chi connectivity index (χ0n) is 11.7. The smallest absolute Gasteiger partial charge is 0.134 e. The Morgan fingerprint density at radius 1 is 1.39 bits per heavy atom. The van der Waals surface area contributed by atoms with Gasteiger partial charge in [0.1, 0.15) is 18.0 Å². The Hall–Kier alpha value is -1.32. The first kappa shape index (κ1) is 13.1. The second-order valence-corrected chi connectivity index (χ2v) is 5.71. The summed E-state index contributed by atoms with van der Waals surface area (Å²) in [6.45, 7) is 7.75. The first-order valence-corrected chi connectivity index (χ1v) is 6.92. The third kappa shape index (κ3) is 2.57. The standard InChI is InChI=1S/C14H24N4/c1-4-5-11-12(15)17-9-18-13(11)16-8-14(6-7-14)10(2)3/h9-10H,4-8H2,1-3H3,(H3,15,16,17,18). The van der Waals surface area contributed by atoms with Gasteiger partial charge in [0.2, 0.25) is 0 Å². The SMILES string of the molecule is CCCc1c(N)ncnc1NCC1(C(C)C)CC1. The summed E-state index contributed by atoms with van der Waals surface area (Å²) in [4.78, 5) is 8.43. The summed E-state index contributed by atoms with van der Waals surface area (Å²) in [5, 5.41) is 3.49. The zero-order chi connectivity index (χ0) is 13.2. The highest BCUT2D eigenvalue weighted by Crippen LogP contribution is 2.51. The molecule has 0 atom stereocenters. The van der Waals surface area contributed by atoms with Crippen LogP contribution in [0.3, 0.4) is 0 Å². The number of anilines is 2. The number of nitrogens with one attached hydrogen (secondary N) is 1. The fraction of sp³-hybridized carbons (Fsp3) is 0.714. The quantitative estimate of drug-likeness (QED) is 0.812. The van der Waals surface area contributed by atoms with E-state index in [1.54, 1.807) is 6.33 Å². The Labute approximate surface area is 109 Å². The van der Waals surface area contributed by atoms with Gasteiger partial charge in [-0.25, -0.2) is 9.97 Å². The van der Waals surface area contributed by atoms with Crippen molar-refractivity contribution in [2.75, 3.05) is 17.6 Å². The molecule has 0 unspecified atom stereocenters. The van der Waals surface area contributed by atoms with Crippen LogP contribution < -0.4 is 11.1 Å². The van der Waals surface area contributed by atoms with E-state index in [9.17, 15) is 0 Å². The van der Waals surface area contributed by atoms with Gasteiger partial charge < -0.3 is 11.1 Å². The lowest BCUT2D eigenvalue weighted by Crippen LogP contribution is -2.22. The topological polar surface area (TPSA) is 63.8 Å². The molecule has 100 valence electrons. The first-order chi connectivity index (χ1) is 8.59. The number of hydrogen-bond acceptors (Lipinski definition) is 4. The summed E-state index contributed by atoms with van der Waals surface area (Å²) < 4.78 is 0. The molecule has 0 aliphatic heterocycles. The summed E-state index contributed by atoms with van der Waals surface area (Å²) in [6, 6.07) is 0. The van der Waals surface area contributed by atoms with E-state index in [4.69, 9.17) is 5.73 Å². The Balaban J connectivity index is 2.07. The van der Waals surface area contributed by atoms with E-state index in [0.29, 0.717) is 11.2 Å². The molecule has 0 saturated heterocycles. The fourth-order valence-electron chi connectivity index (χ4n) is 2.45. The van der Waals surface area contributed by atoms with Crippen molar-refractivity contribution in [3.8, 4) is 0 Å². The van der Waals surface area contributed by atoms with E-state index in [0.717, 1.165) is 36.7 Å². The van der Waals surface area contributed by atoms with Gasteiger partial charge in [-0.3, -0.25) is 0 Å². The molecule has 3 N–H and O–H groups in total. The van der Waals surface area contributed by atoms with Crippen molar-refractivity contribution < 1.29 is 0 Å². The van der Waals surface area contributed by atoms with Gasteiger partial charge in [-0.05, 0) is 30.6 Å². The maximum absolute atomic E-state index is 5.93.